The van der Waals surface area contributed by atoms with Crippen molar-refractivity contribution in [1.29, 1.82) is 0 Å². The first-order valence-electron chi connectivity index (χ1n) is 9.21. The van der Waals surface area contributed by atoms with Gasteiger partial charge in [-0.15, -0.1) is 0 Å². The topological polar surface area (TPSA) is 50.2 Å². The Balaban J connectivity index is 1.33. The molecule has 1 aliphatic rings. The third kappa shape index (κ3) is 5.43. The Morgan fingerprint density at radius 2 is 2.20 bits per heavy atom. The van der Waals surface area contributed by atoms with Crippen LogP contribution in [0, 0.1) is 12.8 Å². The first kappa shape index (κ1) is 17.7. The molecule has 1 atom stereocenters. The number of benzene rings is 1. The normalized spacial score (nSPS) is 17.7. The number of nitrogens with one attached hydrogen (secondary N) is 1. The van der Waals surface area contributed by atoms with E-state index in [0.717, 1.165) is 39.1 Å². The predicted octanol–water partition coefficient (Wildman–Crippen LogP) is 2.61. The van der Waals surface area contributed by atoms with Crippen LogP contribution in [0.25, 0.3) is 0 Å². The lowest BCUT2D eigenvalue weighted by Crippen LogP contribution is -2.31. The summed E-state index contributed by atoms with van der Waals surface area (Å²) in [5.74, 6) is 0.726. The van der Waals surface area contributed by atoms with Gasteiger partial charge in [-0.2, -0.15) is 5.10 Å². The lowest BCUT2D eigenvalue weighted by molar-refractivity contribution is -0.121. The molecule has 1 aromatic carbocycles. The monoisotopic (exact) mass is 340 g/mol. The van der Waals surface area contributed by atoms with Gasteiger partial charge in [-0.25, -0.2) is 0 Å². The summed E-state index contributed by atoms with van der Waals surface area (Å²) in [6, 6.07) is 10.5. The summed E-state index contributed by atoms with van der Waals surface area (Å²) < 4.78 is 1.87. The Hall–Kier alpha value is -2.14. The number of amides is 1. The van der Waals surface area contributed by atoms with Crippen LogP contribution in [0.4, 0.5) is 0 Å². The molecule has 1 amide bonds. The van der Waals surface area contributed by atoms with Crippen molar-refractivity contribution in [2.75, 3.05) is 19.6 Å². The van der Waals surface area contributed by atoms with Gasteiger partial charge in [0, 0.05) is 45.0 Å². The van der Waals surface area contributed by atoms with E-state index in [-0.39, 0.29) is 5.91 Å². The average molecular weight is 340 g/mol. The van der Waals surface area contributed by atoms with E-state index in [0.29, 0.717) is 12.3 Å². The molecule has 5 heteroatoms. The number of aromatic nitrogens is 2. The van der Waals surface area contributed by atoms with E-state index in [1.54, 1.807) is 6.20 Å². The zero-order valence-corrected chi connectivity index (χ0v) is 15.0. The van der Waals surface area contributed by atoms with E-state index in [1.807, 2.05) is 16.9 Å². The Bertz CT molecular complexity index is 668. The molecular formula is C20H28N4O. The van der Waals surface area contributed by atoms with E-state index in [9.17, 15) is 4.79 Å². The molecule has 1 N–H and O–H groups in total. The smallest absolute Gasteiger partial charge is 0.220 e. The summed E-state index contributed by atoms with van der Waals surface area (Å²) in [6.45, 7) is 6.97. The second-order valence-corrected chi connectivity index (χ2v) is 6.99. The van der Waals surface area contributed by atoms with Gasteiger partial charge in [0.1, 0.15) is 0 Å². The summed E-state index contributed by atoms with van der Waals surface area (Å²) in [5, 5.41) is 7.26. The molecule has 1 saturated heterocycles. The van der Waals surface area contributed by atoms with Gasteiger partial charge >= 0.3 is 0 Å². The number of nitrogens with zero attached hydrogens (tertiary/aromatic N) is 3. The van der Waals surface area contributed by atoms with Gasteiger partial charge < -0.3 is 5.32 Å². The van der Waals surface area contributed by atoms with Crippen LogP contribution in [-0.4, -0.2) is 40.2 Å². The standard InChI is InChI=1S/C20H28N4O/c1-17-6-2-3-7-19(17)16-23-13-9-18(15-23)14-21-20(25)8-4-11-24-12-5-10-22-24/h2-3,5-7,10,12,18H,4,8-9,11,13-16H2,1H3,(H,21,25)/t18-/m1/s1. The first-order chi connectivity index (χ1) is 12.2. The molecule has 0 radical (unpaired) electrons. The largest absolute Gasteiger partial charge is 0.356 e. The van der Waals surface area contributed by atoms with Gasteiger partial charge in [-0.3, -0.25) is 14.4 Å². The molecule has 2 aromatic rings. The van der Waals surface area contributed by atoms with E-state index >= 15 is 0 Å². The molecule has 0 bridgehead atoms. The molecule has 1 aromatic heterocycles. The highest BCUT2D eigenvalue weighted by Gasteiger charge is 2.23. The van der Waals surface area contributed by atoms with Crippen molar-refractivity contribution in [2.45, 2.75) is 39.3 Å². The van der Waals surface area contributed by atoms with Crippen molar-refractivity contribution < 1.29 is 4.79 Å². The van der Waals surface area contributed by atoms with Gasteiger partial charge in [0.05, 0.1) is 0 Å². The number of likely N-dealkylation sites (tertiary alicyclic amines) is 1. The third-order valence-corrected chi connectivity index (χ3v) is 4.96. The Labute approximate surface area is 150 Å². The average Bonchev–Trinajstić information content (AvgIpc) is 3.27. The molecule has 5 nitrogen and oxygen atoms in total. The SMILES string of the molecule is Cc1ccccc1CN1CC[C@H](CNC(=O)CCCn2cccn2)C1. The maximum atomic E-state index is 12.0. The Morgan fingerprint density at radius 1 is 1.32 bits per heavy atom. The number of hydrogen-bond donors (Lipinski definition) is 1. The minimum absolute atomic E-state index is 0.157. The zero-order chi connectivity index (χ0) is 17.5. The lowest BCUT2D eigenvalue weighted by Gasteiger charge is -2.17. The molecule has 3 rings (SSSR count). The molecule has 1 fully saturated rings. The molecule has 0 spiro atoms. The van der Waals surface area contributed by atoms with E-state index < -0.39 is 0 Å². The highest BCUT2D eigenvalue weighted by molar-refractivity contribution is 5.75. The van der Waals surface area contributed by atoms with Crippen LogP contribution in [-0.2, 0) is 17.9 Å². The van der Waals surface area contributed by atoms with Crippen LogP contribution in [0.15, 0.2) is 42.7 Å². The number of rotatable bonds is 8. The van der Waals surface area contributed by atoms with Gasteiger partial charge in [0.15, 0.2) is 0 Å². The Morgan fingerprint density at radius 3 is 3.00 bits per heavy atom. The molecule has 25 heavy (non-hydrogen) atoms. The zero-order valence-electron chi connectivity index (χ0n) is 15.0. The highest BCUT2D eigenvalue weighted by atomic mass is 16.1. The maximum Gasteiger partial charge on any atom is 0.220 e. The molecular weight excluding hydrogens is 312 g/mol. The molecule has 0 saturated carbocycles. The highest BCUT2D eigenvalue weighted by Crippen LogP contribution is 2.19. The predicted molar refractivity (Wildman–Crippen MR) is 99.0 cm³/mol. The first-order valence-corrected chi connectivity index (χ1v) is 9.21. The van der Waals surface area contributed by atoms with Crippen molar-refractivity contribution in [3.05, 3.63) is 53.9 Å². The number of carbonyl (C=O) groups is 1. The van der Waals surface area contributed by atoms with Crippen LogP contribution in [0.5, 0.6) is 0 Å². The fourth-order valence-electron chi connectivity index (χ4n) is 3.43. The third-order valence-electron chi connectivity index (χ3n) is 4.96. The van der Waals surface area contributed by atoms with E-state index in [2.05, 4.69) is 46.5 Å². The summed E-state index contributed by atoms with van der Waals surface area (Å²) in [6.07, 6.45) is 6.26. The molecule has 0 unspecified atom stereocenters. The van der Waals surface area contributed by atoms with Crippen molar-refractivity contribution >= 4 is 5.91 Å². The molecule has 2 heterocycles. The van der Waals surface area contributed by atoms with E-state index in [4.69, 9.17) is 0 Å². The van der Waals surface area contributed by atoms with Crippen LogP contribution in [0.3, 0.4) is 0 Å². The van der Waals surface area contributed by atoms with Crippen molar-refractivity contribution in [3.63, 3.8) is 0 Å². The van der Waals surface area contributed by atoms with Crippen molar-refractivity contribution in [2.24, 2.45) is 5.92 Å². The van der Waals surface area contributed by atoms with Crippen LogP contribution in [0.1, 0.15) is 30.4 Å². The quantitative estimate of drug-likeness (QED) is 0.804. The summed E-state index contributed by atoms with van der Waals surface area (Å²) >= 11 is 0. The minimum atomic E-state index is 0.157. The summed E-state index contributed by atoms with van der Waals surface area (Å²) in [4.78, 5) is 14.5. The van der Waals surface area contributed by atoms with Gasteiger partial charge in [-0.05, 0) is 49.4 Å². The van der Waals surface area contributed by atoms with Crippen LogP contribution >= 0.6 is 0 Å². The molecule has 0 aliphatic carbocycles. The second kappa shape index (κ2) is 8.81. The number of hydrogen-bond acceptors (Lipinski definition) is 3. The number of carbonyl (C=O) groups excluding carboxylic acids is 1. The molecule has 1 aliphatic heterocycles. The minimum Gasteiger partial charge on any atom is -0.356 e. The van der Waals surface area contributed by atoms with E-state index in [1.165, 1.54) is 17.5 Å². The summed E-state index contributed by atoms with van der Waals surface area (Å²) in [7, 11) is 0. The summed E-state index contributed by atoms with van der Waals surface area (Å²) in [5.41, 5.74) is 2.77. The van der Waals surface area contributed by atoms with Gasteiger partial charge in [0.2, 0.25) is 5.91 Å². The van der Waals surface area contributed by atoms with Gasteiger partial charge in [0.25, 0.3) is 0 Å². The Kier molecular flexibility index (Phi) is 6.23. The maximum absolute atomic E-state index is 12.0. The molecule has 134 valence electrons. The van der Waals surface area contributed by atoms with Crippen LogP contribution < -0.4 is 5.32 Å². The van der Waals surface area contributed by atoms with Crippen molar-refractivity contribution in [1.82, 2.24) is 20.0 Å². The number of aryl methyl sites for hydroxylation is 2. The second-order valence-electron chi connectivity index (χ2n) is 6.99. The van der Waals surface area contributed by atoms with Crippen molar-refractivity contribution in [3.8, 4) is 0 Å². The fraction of sp³-hybridized carbons (Fsp3) is 0.500. The lowest BCUT2D eigenvalue weighted by atomic mass is 10.1. The fourth-order valence-corrected chi connectivity index (χ4v) is 3.43. The van der Waals surface area contributed by atoms with Gasteiger partial charge in [-0.1, -0.05) is 24.3 Å². The van der Waals surface area contributed by atoms with Crippen LogP contribution in [0.2, 0.25) is 0 Å².